The number of H-pyrrole nitrogens is 1. The molecule has 6 nitrogen and oxygen atoms in total. The van der Waals surface area contributed by atoms with Gasteiger partial charge in [0.2, 0.25) is 0 Å². The molecule has 4 heterocycles. The molecule has 2 atom stereocenters. The normalized spacial score (nSPS) is 20.6. The quantitative estimate of drug-likeness (QED) is 0.704. The minimum atomic E-state index is -0.0436. The molecule has 1 amide bonds. The van der Waals surface area contributed by atoms with Crippen molar-refractivity contribution in [2.75, 3.05) is 7.11 Å². The molecule has 2 aromatic heterocycles. The standard InChI is InChI=1S/C22H20N4O2/c1-28-16-6-4-5-14(11-16)19-7-2-3-8-20-17-9-10-18(15-12-23-24-13-15)25-21(17)22(27)26(19)20/h2-6,9-13,19-20H,7-8H2,1H3,(H,23,24)/t19-,20?/m1/s1. The summed E-state index contributed by atoms with van der Waals surface area (Å²) in [6, 6.07) is 11.9. The molecule has 1 N–H and O–H groups in total. The van der Waals surface area contributed by atoms with Gasteiger partial charge in [-0.05, 0) is 36.6 Å². The molecule has 1 aromatic carbocycles. The Kier molecular flexibility index (Phi) is 3.97. The molecule has 2 aliphatic rings. The minimum absolute atomic E-state index is 0.00310. The third kappa shape index (κ3) is 2.60. The smallest absolute Gasteiger partial charge is 0.273 e. The number of nitrogens with zero attached hydrogens (tertiary/aromatic N) is 3. The second-order valence-electron chi connectivity index (χ2n) is 7.08. The maximum Gasteiger partial charge on any atom is 0.273 e. The first-order chi connectivity index (χ1) is 13.8. The van der Waals surface area contributed by atoms with Crippen LogP contribution in [0.5, 0.6) is 5.75 Å². The van der Waals surface area contributed by atoms with E-state index in [1.165, 1.54) is 0 Å². The number of amides is 1. The van der Waals surface area contributed by atoms with Gasteiger partial charge in [0.1, 0.15) is 11.4 Å². The highest BCUT2D eigenvalue weighted by molar-refractivity contribution is 5.98. The van der Waals surface area contributed by atoms with E-state index in [0.717, 1.165) is 41.0 Å². The summed E-state index contributed by atoms with van der Waals surface area (Å²) in [6.45, 7) is 0. The van der Waals surface area contributed by atoms with Crippen molar-refractivity contribution in [1.29, 1.82) is 0 Å². The summed E-state index contributed by atoms with van der Waals surface area (Å²) >= 11 is 0. The molecule has 3 aromatic rings. The number of aromatic nitrogens is 3. The Bertz CT molecular complexity index is 1060. The minimum Gasteiger partial charge on any atom is -0.497 e. The summed E-state index contributed by atoms with van der Waals surface area (Å²) < 4.78 is 5.39. The van der Waals surface area contributed by atoms with E-state index in [-0.39, 0.29) is 18.0 Å². The van der Waals surface area contributed by atoms with Gasteiger partial charge in [0.15, 0.2) is 0 Å². The number of hydrogen-bond donors (Lipinski definition) is 1. The van der Waals surface area contributed by atoms with Crippen LogP contribution in [0.2, 0.25) is 0 Å². The molecule has 0 bridgehead atoms. The number of methoxy groups -OCH3 is 1. The number of hydrogen-bond acceptors (Lipinski definition) is 4. The number of ether oxygens (including phenoxy) is 1. The molecule has 6 heteroatoms. The summed E-state index contributed by atoms with van der Waals surface area (Å²) in [4.78, 5) is 20.1. The second kappa shape index (κ2) is 6.64. The van der Waals surface area contributed by atoms with Crippen molar-refractivity contribution in [3.05, 3.63) is 77.8 Å². The fourth-order valence-electron chi connectivity index (χ4n) is 4.18. The maximum atomic E-state index is 13.4. The third-order valence-electron chi connectivity index (χ3n) is 5.55. The van der Waals surface area contributed by atoms with Crippen LogP contribution in [0.15, 0.2) is 60.9 Å². The van der Waals surface area contributed by atoms with Crippen molar-refractivity contribution in [1.82, 2.24) is 20.1 Å². The van der Waals surface area contributed by atoms with Crippen LogP contribution in [0.3, 0.4) is 0 Å². The largest absolute Gasteiger partial charge is 0.497 e. The predicted molar refractivity (Wildman–Crippen MR) is 105 cm³/mol. The Hall–Kier alpha value is -3.41. The van der Waals surface area contributed by atoms with Gasteiger partial charge in [-0.15, -0.1) is 0 Å². The Labute approximate surface area is 162 Å². The molecule has 5 rings (SSSR count). The number of nitrogens with one attached hydrogen (secondary N) is 1. The Balaban J connectivity index is 1.58. The van der Waals surface area contributed by atoms with Crippen molar-refractivity contribution in [3.8, 4) is 17.0 Å². The molecule has 0 saturated heterocycles. The Morgan fingerprint density at radius 1 is 1.14 bits per heavy atom. The van der Waals surface area contributed by atoms with Gasteiger partial charge in [0.05, 0.1) is 31.1 Å². The lowest BCUT2D eigenvalue weighted by molar-refractivity contribution is 0.0631. The lowest BCUT2D eigenvalue weighted by Crippen LogP contribution is -2.31. The van der Waals surface area contributed by atoms with Gasteiger partial charge in [-0.1, -0.05) is 30.4 Å². The summed E-state index contributed by atoms with van der Waals surface area (Å²) in [5.74, 6) is 0.786. The topological polar surface area (TPSA) is 71.1 Å². The van der Waals surface area contributed by atoms with Crippen LogP contribution in [-0.2, 0) is 0 Å². The summed E-state index contributed by atoms with van der Waals surface area (Å²) in [5.41, 5.74) is 4.25. The molecule has 2 aliphatic heterocycles. The van der Waals surface area contributed by atoms with Gasteiger partial charge in [-0.25, -0.2) is 4.98 Å². The first kappa shape index (κ1) is 16.7. The van der Waals surface area contributed by atoms with E-state index in [4.69, 9.17) is 9.72 Å². The first-order valence-corrected chi connectivity index (χ1v) is 9.38. The van der Waals surface area contributed by atoms with Crippen molar-refractivity contribution >= 4 is 5.91 Å². The van der Waals surface area contributed by atoms with Crippen LogP contribution in [0.1, 0.15) is 46.5 Å². The van der Waals surface area contributed by atoms with E-state index in [9.17, 15) is 4.79 Å². The Morgan fingerprint density at radius 3 is 2.79 bits per heavy atom. The first-order valence-electron chi connectivity index (χ1n) is 9.38. The van der Waals surface area contributed by atoms with Crippen LogP contribution in [0.4, 0.5) is 0 Å². The van der Waals surface area contributed by atoms with Gasteiger partial charge >= 0.3 is 0 Å². The molecule has 0 radical (unpaired) electrons. The Morgan fingerprint density at radius 2 is 2.00 bits per heavy atom. The molecule has 0 spiro atoms. The average Bonchev–Trinajstić information content (AvgIpc) is 3.29. The lowest BCUT2D eigenvalue weighted by Gasteiger charge is -2.31. The zero-order valence-corrected chi connectivity index (χ0v) is 15.5. The van der Waals surface area contributed by atoms with Crippen molar-refractivity contribution in [3.63, 3.8) is 0 Å². The lowest BCUT2D eigenvalue weighted by atomic mass is 10.0. The van der Waals surface area contributed by atoms with Crippen LogP contribution in [0, 0.1) is 0 Å². The SMILES string of the molecule is COc1cccc([C@H]2CC=CCC3c4ccc(-c5cn[nH]c5)nc4C(=O)N32)c1. The van der Waals surface area contributed by atoms with E-state index < -0.39 is 0 Å². The van der Waals surface area contributed by atoms with Crippen LogP contribution < -0.4 is 4.74 Å². The van der Waals surface area contributed by atoms with Crippen LogP contribution >= 0.6 is 0 Å². The third-order valence-corrected chi connectivity index (χ3v) is 5.55. The van der Waals surface area contributed by atoms with Gasteiger partial charge < -0.3 is 9.64 Å². The van der Waals surface area contributed by atoms with Crippen molar-refractivity contribution in [2.45, 2.75) is 24.9 Å². The average molecular weight is 372 g/mol. The van der Waals surface area contributed by atoms with E-state index in [2.05, 4.69) is 28.4 Å². The van der Waals surface area contributed by atoms with Gasteiger partial charge in [0, 0.05) is 17.3 Å². The zero-order chi connectivity index (χ0) is 19.1. The van der Waals surface area contributed by atoms with E-state index in [1.807, 2.05) is 35.2 Å². The van der Waals surface area contributed by atoms with Gasteiger partial charge in [-0.3, -0.25) is 9.89 Å². The monoisotopic (exact) mass is 372 g/mol. The van der Waals surface area contributed by atoms with Gasteiger partial charge in [0.25, 0.3) is 5.91 Å². The number of rotatable bonds is 3. The highest BCUT2D eigenvalue weighted by Crippen LogP contribution is 2.45. The van der Waals surface area contributed by atoms with Crippen LogP contribution in [0.25, 0.3) is 11.3 Å². The molecule has 1 unspecified atom stereocenters. The fraction of sp³-hybridized carbons (Fsp3) is 0.227. The maximum absolute atomic E-state index is 13.4. The molecular formula is C22H20N4O2. The summed E-state index contributed by atoms with van der Waals surface area (Å²) in [7, 11) is 1.66. The van der Waals surface area contributed by atoms with Crippen molar-refractivity contribution < 1.29 is 9.53 Å². The van der Waals surface area contributed by atoms with Gasteiger partial charge in [-0.2, -0.15) is 5.10 Å². The van der Waals surface area contributed by atoms with E-state index >= 15 is 0 Å². The molecule has 140 valence electrons. The molecule has 0 fully saturated rings. The highest BCUT2D eigenvalue weighted by Gasteiger charge is 2.42. The molecule has 28 heavy (non-hydrogen) atoms. The molecule has 0 saturated carbocycles. The number of aromatic amines is 1. The summed E-state index contributed by atoms with van der Waals surface area (Å²) in [5, 5.41) is 6.78. The number of carbonyl (C=O) groups is 1. The van der Waals surface area contributed by atoms with E-state index in [1.54, 1.807) is 19.5 Å². The highest BCUT2D eigenvalue weighted by atomic mass is 16.5. The zero-order valence-electron chi connectivity index (χ0n) is 15.5. The summed E-state index contributed by atoms with van der Waals surface area (Å²) in [6.07, 6.45) is 9.42. The number of fused-ring (bicyclic) bond motifs is 3. The fourth-order valence-corrected chi connectivity index (χ4v) is 4.18. The van der Waals surface area contributed by atoms with Crippen molar-refractivity contribution in [2.24, 2.45) is 0 Å². The number of benzene rings is 1. The number of pyridine rings is 1. The van der Waals surface area contributed by atoms with Crippen LogP contribution in [-0.4, -0.2) is 33.1 Å². The number of carbonyl (C=O) groups excluding carboxylic acids is 1. The van der Waals surface area contributed by atoms with E-state index in [0.29, 0.717) is 5.69 Å². The second-order valence-corrected chi connectivity index (χ2v) is 7.08. The molecular weight excluding hydrogens is 352 g/mol. The predicted octanol–water partition coefficient (Wildman–Crippen LogP) is 4.07. The molecule has 0 aliphatic carbocycles.